The van der Waals surface area contributed by atoms with Gasteiger partial charge in [0.1, 0.15) is 5.78 Å². The van der Waals surface area contributed by atoms with Gasteiger partial charge >= 0.3 is 0 Å². The second kappa shape index (κ2) is 3.67. The fourth-order valence-electron chi connectivity index (χ4n) is 3.70. The molecule has 0 bridgehead atoms. The lowest BCUT2D eigenvalue weighted by atomic mass is 9.57. The third-order valence-corrected chi connectivity index (χ3v) is 4.79. The number of hydrogen-bond donors (Lipinski definition) is 1. The highest BCUT2D eigenvalue weighted by Gasteiger charge is 2.50. The summed E-state index contributed by atoms with van der Waals surface area (Å²) in [4.78, 5) is 12.3. The molecule has 96 valence electrons. The minimum absolute atomic E-state index is 0.255. The topological polar surface area (TPSA) is 37.3 Å². The van der Waals surface area contributed by atoms with E-state index >= 15 is 0 Å². The Morgan fingerprint density at radius 1 is 1.05 bits per heavy atom. The van der Waals surface area contributed by atoms with Crippen LogP contribution in [0.4, 0.5) is 0 Å². The molecule has 0 amide bonds. The van der Waals surface area contributed by atoms with E-state index in [-0.39, 0.29) is 11.5 Å². The summed E-state index contributed by atoms with van der Waals surface area (Å²) in [6, 6.07) is 12.7. The Kier molecular flexibility index (Phi) is 2.16. The molecule has 0 aromatic heterocycles. The summed E-state index contributed by atoms with van der Waals surface area (Å²) in [5.41, 5.74) is 2.22. The second-order valence-electron chi connectivity index (χ2n) is 6.09. The molecule has 2 nitrogen and oxygen atoms in total. The lowest BCUT2D eigenvalue weighted by Crippen LogP contribution is -2.51. The number of aliphatic hydroxyl groups excluding tert-OH is 1. The van der Waals surface area contributed by atoms with Crippen molar-refractivity contribution in [1.29, 1.82) is 0 Å². The number of carbonyl (C=O) groups is 1. The Bertz CT molecular complexity index is 681. The lowest BCUT2D eigenvalue weighted by Gasteiger charge is -2.47. The molecule has 4 rings (SSSR count). The third-order valence-electron chi connectivity index (χ3n) is 4.79. The van der Waals surface area contributed by atoms with Crippen LogP contribution in [0.5, 0.6) is 0 Å². The van der Waals surface area contributed by atoms with E-state index in [4.69, 9.17) is 0 Å². The molecule has 0 radical (unpaired) electrons. The van der Waals surface area contributed by atoms with Gasteiger partial charge in [-0.25, -0.2) is 0 Å². The van der Waals surface area contributed by atoms with Gasteiger partial charge in [-0.05, 0) is 41.2 Å². The van der Waals surface area contributed by atoms with Crippen LogP contribution >= 0.6 is 0 Å². The van der Waals surface area contributed by atoms with E-state index in [0.29, 0.717) is 25.0 Å². The molecule has 2 heteroatoms. The monoisotopic (exact) mass is 252 g/mol. The fourth-order valence-corrected chi connectivity index (χ4v) is 3.70. The highest BCUT2D eigenvalue weighted by atomic mass is 16.3. The van der Waals surface area contributed by atoms with Crippen LogP contribution in [0.3, 0.4) is 0 Å². The SMILES string of the molecule is O=C1Cc2cc3ccccc3cc2CC12CC(O)C2. The molecule has 0 unspecified atom stereocenters. The van der Waals surface area contributed by atoms with Crippen LogP contribution < -0.4 is 0 Å². The maximum atomic E-state index is 12.3. The Hall–Kier alpha value is -1.67. The van der Waals surface area contributed by atoms with Gasteiger partial charge < -0.3 is 5.11 Å². The molecule has 2 aliphatic carbocycles. The normalized spacial score (nSPS) is 29.3. The fraction of sp³-hybridized carbons (Fsp3) is 0.353. The molecular weight excluding hydrogens is 236 g/mol. The number of benzene rings is 2. The van der Waals surface area contributed by atoms with E-state index < -0.39 is 0 Å². The summed E-state index contributed by atoms with van der Waals surface area (Å²) in [6.45, 7) is 0. The molecule has 0 aliphatic heterocycles. The average molecular weight is 252 g/mol. The number of Topliss-reactive ketones (excluding diaryl/α,β-unsaturated/α-hetero) is 1. The molecule has 2 aliphatic rings. The summed E-state index contributed by atoms with van der Waals surface area (Å²) in [7, 11) is 0. The summed E-state index contributed by atoms with van der Waals surface area (Å²) in [6.07, 6.45) is 2.37. The molecular formula is C17H16O2. The van der Waals surface area contributed by atoms with Gasteiger partial charge in [-0.1, -0.05) is 36.4 Å². The van der Waals surface area contributed by atoms with Crippen molar-refractivity contribution in [3.05, 3.63) is 47.5 Å². The van der Waals surface area contributed by atoms with Crippen LogP contribution in [0.1, 0.15) is 24.0 Å². The van der Waals surface area contributed by atoms with Crippen molar-refractivity contribution in [2.75, 3.05) is 0 Å². The van der Waals surface area contributed by atoms with Crippen LogP contribution in [0, 0.1) is 5.41 Å². The number of ketones is 1. The molecule has 1 N–H and O–H groups in total. The van der Waals surface area contributed by atoms with Crippen LogP contribution in [0.15, 0.2) is 36.4 Å². The molecule has 1 fully saturated rings. The number of carbonyl (C=O) groups excluding carboxylic acids is 1. The van der Waals surface area contributed by atoms with Crippen molar-refractivity contribution in [1.82, 2.24) is 0 Å². The van der Waals surface area contributed by atoms with Crippen molar-refractivity contribution in [2.45, 2.75) is 31.8 Å². The third kappa shape index (κ3) is 1.56. The van der Waals surface area contributed by atoms with Gasteiger partial charge in [0.2, 0.25) is 0 Å². The number of rotatable bonds is 0. The molecule has 2 aromatic carbocycles. The van der Waals surface area contributed by atoms with Gasteiger partial charge in [-0.15, -0.1) is 0 Å². The lowest BCUT2D eigenvalue weighted by molar-refractivity contribution is -0.142. The number of hydrogen-bond acceptors (Lipinski definition) is 2. The van der Waals surface area contributed by atoms with Gasteiger partial charge in [0, 0.05) is 11.8 Å². The van der Waals surface area contributed by atoms with E-state index in [1.807, 2.05) is 12.1 Å². The summed E-state index contributed by atoms with van der Waals surface area (Å²) >= 11 is 0. The van der Waals surface area contributed by atoms with E-state index in [9.17, 15) is 9.90 Å². The van der Waals surface area contributed by atoms with Gasteiger partial charge in [-0.2, -0.15) is 0 Å². The van der Waals surface area contributed by atoms with Crippen LogP contribution in [-0.4, -0.2) is 17.0 Å². The summed E-state index contributed by atoms with van der Waals surface area (Å²) in [5.74, 6) is 0.320. The summed E-state index contributed by atoms with van der Waals surface area (Å²) < 4.78 is 0. The first-order chi connectivity index (χ1) is 9.16. The molecule has 0 saturated heterocycles. The number of aliphatic hydroxyl groups is 1. The van der Waals surface area contributed by atoms with Crippen molar-refractivity contribution >= 4 is 16.6 Å². The zero-order valence-electron chi connectivity index (χ0n) is 10.7. The summed E-state index contributed by atoms with van der Waals surface area (Å²) in [5, 5.41) is 12.0. The van der Waals surface area contributed by atoms with Crippen LogP contribution in [0.25, 0.3) is 10.8 Å². The maximum absolute atomic E-state index is 12.3. The smallest absolute Gasteiger partial charge is 0.143 e. The van der Waals surface area contributed by atoms with E-state index in [2.05, 4.69) is 24.3 Å². The highest BCUT2D eigenvalue weighted by Crippen LogP contribution is 2.48. The van der Waals surface area contributed by atoms with E-state index in [1.54, 1.807) is 0 Å². The van der Waals surface area contributed by atoms with Gasteiger partial charge in [-0.3, -0.25) is 4.79 Å². The quantitative estimate of drug-likeness (QED) is 0.782. The molecule has 0 atom stereocenters. The molecule has 1 spiro atoms. The van der Waals surface area contributed by atoms with Crippen LogP contribution in [-0.2, 0) is 17.6 Å². The first-order valence-corrected chi connectivity index (χ1v) is 6.88. The minimum Gasteiger partial charge on any atom is -0.393 e. The zero-order chi connectivity index (χ0) is 13.0. The van der Waals surface area contributed by atoms with Crippen molar-refractivity contribution in [3.63, 3.8) is 0 Å². The predicted octanol–water partition coefficient (Wildman–Crippen LogP) is 2.65. The zero-order valence-corrected chi connectivity index (χ0v) is 10.7. The molecule has 0 heterocycles. The highest BCUT2D eigenvalue weighted by molar-refractivity contribution is 5.93. The van der Waals surface area contributed by atoms with Crippen molar-refractivity contribution in [2.24, 2.45) is 5.41 Å². The van der Waals surface area contributed by atoms with Crippen molar-refractivity contribution in [3.8, 4) is 0 Å². The van der Waals surface area contributed by atoms with Gasteiger partial charge in [0.05, 0.1) is 6.10 Å². The predicted molar refractivity (Wildman–Crippen MR) is 74.0 cm³/mol. The van der Waals surface area contributed by atoms with Gasteiger partial charge in [0.25, 0.3) is 0 Å². The first kappa shape index (κ1) is 11.2. The van der Waals surface area contributed by atoms with Gasteiger partial charge in [0.15, 0.2) is 0 Å². The number of fused-ring (bicyclic) bond motifs is 2. The van der Waals surface area contributed by atoms with E-state index in [1.165, 1.54) is 21.9 Å². The Balaban J connectivity index is 1.82. The standard InChI is InChI=1S/C17H16O2/c18-15-9-17(10-15)8-14-6-12-4-2-1-3-11(12)5-13(14)7-16(17)19/h1-6,15,18H,7-10H2. The Morgan fingerprint density at radius 3 is 2.32 bits per heavy atom. The molecule has 2 aromatic rings. The Morgan fingerprint density at radius 2 is 1.68 bits per heavy atom. The van der Waals surface area contributed by atoms with Crippen LogP contribution in [0.2, 0.25) is 0 Å². The Labute approximate surface area is 112 Å². The molecule has 19 heavy (non-hydrogen) atoms. The molecule has 1 saturated carbocycles. The average Bonchev–Trinajstić information content (AvgIpc) is 2.36. The first-order valence-electron chi connectivity index (χ1n) is 6.88. The van der Waals surface area contributed by atoms with Crippen molar-refractivity contribution < 1.29 is 9.90 Å². The largest absolute Gasteiger partial charge is 0.393 e. The maximum Gasteiger partial charge on any atom is 0.143 e. The second-order valence-corrected chi connectivity index (χ2v) is 6.09. The minimum atomic E-state index is -0.272. The van der Waals surface area contributed by atoms with E-state index in [0.717, 1.165) is 6.42 Å².